The fourth-order valence-corrected chi connectivity index (χ4v) is 4.07. The van der Waals surface area contributed by atoms with Gasteiger partial charge in [-0.25, -0.2) is 4.98 Å². The number of aromatic nitrogens is 1. The van der Waals surface area contributed by atoms with Gasteiger partial charge in [0, 0.05) is 30.5 Å². The predicted octanol–water partition coefficient (Wildman–Crippen LogP) is 5.53. The van der Waals surface area contributed by atoms with E-state index in [-0.39, 0.29) is 18.9 Å². The molecule has 7 nitrogen and oxygen atoms in total. The van der Waals surface area contributed by atoms with Crippen LogP contribution in [0.1, 0.15) is 44.9 Å². The van der Waals surface area contributed by atoms with E-state index in [9.17, 15) is 9.59 Å². The summed E-state index contributed by atoms with van der Waals surface area (Å²) in [6.07, 6.45) is 0.946. The Labute approximate surface area is 216 Å². The molecule has 4 rings (SSSR count). The Balaban J connectivity index is 1.42. The van der Waals surface area contributed by atoms with Crippen LogP contribution in [0.3, 0.4) is 0 Å². The molecule has 1 aromatic heterocycles. The van der Waals surface area contributed by atoms with Gasteiger partial charge in [0.1, 0.15) is 11.5 Å². The minimum atomic E-state index is -0.868. The van der Waals surface area contributed by atoms with Crippen LogP contribution in [0.2, 0.25) is 0 Å². The third-order valence-electron chi connectivity index (χ3n) is 6.14. The average molecular weight is 499 g/mol. The van der Waals surface area contributed by atoms with E-state index in [1.807, 2.05) is 80.6 Å². The van der Waals surface area contributed by atoms with Crippen molar-refractivity contribution in [1.29, 1.82) is 0 Å². The summed E-state index contributed by atoms with van der Waals surface area (Å²) in [5.41, 5.74) is 4.95. The van der Waals surface area contributed by atoms with Gasteiger partial charge in [0.25, 0.3) is 5.91 Å². The first-order valence-electron chi connectivity index (χ1n) is 12.2. The number of carboxylic acid groups (broad SMARTS) is 1. The molecule has 7 heteroatoms. The average Bonchev–Trinajstić information content (AvgIpc) is 3.27. The number of hydrogen-bond donors (Lipinski definition) is 2. The van der Waals surface area contributed by atoms with Crippen LogP contribution >= 0.6 is 0 Å². The molecule has 0 aliphatic carbocycles. The lowest BCUT2D eigenvalue weighted by atomic mass is 10.0. The molecule has 2 N–H and O–H groups in total. The second-order valence-corrected chi connectivity index (χ2v) is 8.81. The smallest absolute Gasteiger partial charge is 0.303 e. The maximum Gasteiger partial charge on any atom is 0.303 e. The van der Waals surface area contributed by atoms with Crippen molar-refractivity contribution in [2.75, 3.05) is 6.61 Å². The number of hydrogen-bond acceptors (Lipinski definition) is 5. The molecule has 0 aliphatic rings. The van der Waals surface area contributed by atoms with Crippen LogP contribution in [0.5, 0.6) is 5.75 Å². The highest BCUT2D eigenvalue weighted by Crippen LogP contribution is 2.23. The molecule has 0 unspecified atom stereocenters. The van der Waals surface area contributed by atoms with Crippen molar-refractivity contribution in [2.24, 2.45) is 0 Å². The van der Waals surface area contributed by atoms with E-state index in [0.29, 0.717) is 36.7 Å². The molecule has 3 aromatic carbocycles. The van der Waals surface area contributed by atoms with E-state index in [2.05, 4.69) is 10.3 Å². The van der Waals surface area contributed by atoms with Gasteiger partial charge in [-0.05, 0) is 67.3 Å². The zero-order valence-corrected chi connectivity index (χ0v) is 21.0. The summed E-state index contributed by atoms with van der Waals surface area (Å²) in [7, 11) is 0. The molecule has 0 atom stereocenters. The Morgan fingerprint density at radius 3 is 2.46 bits per heavy atom. The lowest BCUT2D eigenvalue weighted by molar-refractivity contribution is -0.136. The Bertz CT molecular complexity index is 1380. The normalized spacial score (nSPS) is 10.8. The number of ether oxygens (including phenoxy) is 1. The van der Waals surface area contributed by atoms with Crippen molar-refractivity contribution in [3.05, 3.63) is 107 Å². The first-order chi connectivity index (χ1) is 17.9. The quantitative estimate of drug-likeness (QED) is 0.282. The van der Waals surface area contributed by atoms with Crippen LogP contribution < -0.4 is 10.1 Å². The number of aryl methyl sites for hydroxylation is 3. The highest BCUT2D eigenvalue weighted by Gasteiger charge is 2.13. The Hall–Kier alpha value is -4.39. The van der Waals surface area contributed by atoms with Crippen LogP contribution in [0.15, 0.2) is 77.2 Å². The number of aliphatic carboxylic acids is 1. The summed E-state index contributed by atoms with van der Waals surface area (Å²) in [4.78, 5) is 28.5. The second-order valence-electron chi connectivity index (χ2n) is 8.81. The maximum atomic E-state index is 12.7. The fourth-order valence-electron chi connectivity index (χ4n) is 4.07. The highest BCUT2D eigenvalue weighted by atomic mass is 16.5. The number of nitrogens with zero attached hydrogens (tertiary/aromatic N) is 1. The third-order valence-corrected chi connectivity index (χ3v) is 6.14. The number of oxazole rings is 1. The minimum absolute atomic E-state index is 0.00806. The van der Waals surface area contributed by atoms with E-state index < -0.39 is 5.97 Å². The molecule has 37 heavy (non-hydrogen) atoms. The van der Waals surface area contributed by atoms with Gasteiger partial charge in [0.2, 0.25) is 5.89 Å². The van der Waals surface area contributed by atoms with Crippen molar-refractivity contribution in [3.63, 3.8) is 0 Å². The topological polar surface area (TPSA) is 102 Å². The van der Waals surface area contributed by atoms with Gasteiger partial charge in [0.15, 0.2) is 0 Å². The molecule has 1 amide bonds. The molecular weight excluding hydrogens is 468 g/mol. The summed E-state index contributed by atoms with van der Waals surface area (Å²) in [6.45, 7) is 4.44. The number of nitrogens with one attached hydrogen (secondary N) is 1. The van der Waals surface area contributed by atoms with E-state index in [1.54, 1.807) is 6.07 Å². The number of carbonyl (C=O) groups is 2. The molecule has 0 spiro atoms. The fraction of sp³-hybridized carbons (Fsp3) is 0.233. The molecular formula is C30H30N2O5. The predicted molar refractivity (Wildman–Crippen MR) is 141 cm³/mol. The van der Waals surface area contributed by atoms with Gasteiger partial charge in [-0.1, -0.05) is 42.5 Å². The Kier molecular flexibility index (Phi) is 8.36. The molecule has 0 radical (unpaired) electrons. The second kappa shape index (κ2) is 12.0. The van der Waals surface area contributed by atoms with E-state index in [0.717, 1.165) is 33.7 Å². The van der Waals surface area contributed by atoms with Crippen molar-refractivity contribution in [2.45, 2.75) is 39.7 Å². The summed E-state index contributed by atoms with van der Waals surface area (Å²) in [6, 6.07) is 22.7. The van der Waals surface area contributed by atoms with Crippen LogP contribution in [0, 0.1) is 13.8 Å². The number of carbonyl (C=O) groups excluding carboxylic acids is 1. The third kappa shape index (κ3) is 6.85. The molecule has 190 valence electrons. The zero-order chi connectivity index (χ0) is 26.2. The Morgan fingerprint density at radius 2 is 1.70 bits per heavy atom. The maximum absolute atomic E-state index is 12.7. The van der Waals surface area contributed by atoms with Crippen molar-refractivity contribution >= 4 is 11.9 Å². The molecule has 0 bridgehead atoms. The van der Waals surface area contributed by atoms with Crippen molar-refractivity contribution in [1.82, 2.24) is 10.3 Å². The molecule has 1 heterocycles. The van der Waals surface area contributed by atoms with Crippen LogP contribution in [0.4, 0.5) is 0 Å². The summed E-state index contributed by atoms with van der Waals surface area (Å²) < 4.78 is 11.8. The van der Waals surface area contributed by atoms with E-state index in [1.165, 1.54) is 0 Å². The Morgan fingerprint density at radius 1 is 0.946 bits per heavy atom. The first-order valence-corrected chi connectivity index (χ1v) is 12.2. The highest BCUT2D eigenvalue weighted by molar-refractivity contribution is 5.95. The van der Waals surface area contributed by atoms with Gasteiger partial charge in [-0.3, -0.25) is 9.59 Å². The van der Waals surface area contributed by atoms with Gasteiger partial charge in [0.05, 0.1) is 12.3 Å². The van der Waals surface area contributed by atoms with Crippen molar-refractivity contribution in [3.8, 4) is 17.2 Å². The standard InChI is InChI=1S/C30H30N2O5/c1-20-8-6-7-11-26(20)29(35)31-19-24-18-25(14-12-22(24)13-15-28(33)34)36-17-16-27-21(2)37-30(32-27)23-9-4-3-5-10-23/h3-12,14,18H,13,15-17,19H2,1-2H3,(H,31,35)(H,33,34). The molecule has 4 aromatic rings. The van der Waals surface area contributed by atoms with Crippen LogP contribution in [0.25, 0.3) is 11.5 Å². The zero-order valence-electron chi connectivity index (χ0n) is 21.0. The first kappa shape index (κ1) is 25.7. The SMILES string of the molecule is Cc1ccccc1C(=O)NCc1cc(OCCc2nc(-c3ccccc3)oc2C)ccc1CCC(=O)O. The number of carboxylic acids is 1. The van der Waals surface area contributed by atoms with Crippen LogP contribution in [-0.4, -0.2) is 28.6 Å². The van der Waals surface area contributed by atoms with Gasteiger partial charge in [-0.15, -0.1) is 0 Å². The lowest BCUT2D eigenvalue weighted by Crippen LogP contribution is -2.24. The molecule has 0 aliphatic heterocycles. The number of rotatable bonds is 11. The summed E-state index contributed by atoms with van der Waals surface area (Å²) in [5.74, 6) is 0.940. The number of amides is 1. The van der Waals surface area contributed by atoms with Gasteiger partial charge >= 0.3 is 5.97 Å². The van der Waals surface area contributed by atoms with Gasteiger partial charge < -0.3 is 19.6 Å². The summed E-state index contributed by atoms with van der Waals surface area (Å²) in [5, 5.41) is 12.1. The minimum Gasteiger partial charge on any atom is -0.493 e. The molecule has 0 saturated carbocycles. The van der Waals surface area contributed by atoms with E-state index in [4.69, 9.17) is 14.3 Å². The van der Waals surface area contributed by atoms with E-state index >= 15 is 0 Å². The van der Waals surface area contributed by atoms with Gasteiger partial charge in [-0.2, -0.15) is 0 Å². The van der Waals surface area contributed by atoms with Crippen LogP contribution in [-0.2, 0) is 24.2 Å². The summed E-state index contributed by atoms with van der Waals surface area (Å²) >= 11 is 0. The van der Waals surface area contributed by atoms with Crippen molar-refractivity contribution < 1.29 is 23.8 Å². The monoisotopic (exact) mass is 498 g/mol. The molecule has 0 saturated heterocycles. The largest absolute Gasteiger partial charge is 0.493 e. The lowest BCUT2D eigenvalue weighted by Gasteiger charge is -2.14. The number of benzene rings is 3. The molecule has 0 fully saturated rings.